The Morgan fingerprint density at radius 3 is 2.30 bits per heavy atom. The van der Waals surface area contributed by atoms with Gasteiger partial charge >= 0.3 is 0 Å². The van der Waals surface area contributed by atoms with Crippen LogP contribution in [0.4, 0.5) is 0 Å². The second kappa shape index (κ2) is 7.70. The van der Waals surface area contributed by atoms with Gasteiger partial charge in [-0.15, -0.1) is 0 Å². The number of ether oxygens (including phenoxy) is 1. The highest BCUT2D eigenvalue weighted by Gasteiger charge is 2.07. The molecule has 0 bridgehead atoms. The molecule has 0 fully saturated rings. The molecular formula is C16H23NO3. The monoisotopic (exact) mass is 277 g/mol. The number of carbonyl (C=O) groups is 1. The lowest BCUT2D eigenvalue weighted by molar-refractivity contribution is -0.138. The number of phenolic OH excluding ortho intramolecular Hbond substituents is 1. The molecule has 0 amide bonds. The Bertz CT molecular complexity index is 444. The van der Waals surface area contributed by atoms with E-state index in [1.165, 1.54) is 11.1 Å². The van der Waals surface area contributed by atoms with Crippen LogP contribution < -0.4 is 5.32 Å². The van der Waals surface area contributed by atoms with Crippen LogP contribution in [0.15, 0.2) is 30.3 Å². The first kappa shape index (κ1) is 16.2. The summed E-state index contributed by atoms with van der Waals surface area (Å²) < 4.78 is 4.55. The van der Waals surface area contributed by atoms with Crippen molar-refractivity contribution in [3.05, 3.63) is 35.9 Å². The van der Waals surface area contributed by atoms with E-state index in [2.05, 4.69) is 16.1 Å². The Morgan fingerprint density at radius 2 is 1.90 bits per heavy atom. The summed E-state index contributed by atoms with van der Waals surface area (Å²) in [6.45, 7) is 7.92. The summed E-state index contributed by atoms with van der Waals surface area (Å²) in [5.41, 5.74) is 2.28. The first-order chi connectivity index (χ1) is 9.42. The lowest BCUT2D eigenvalue weighted by Crippen LogP contribution is -2.19. The van der Waals surface area contributed by atoms with Gasteiger partial charge in [0, 0.05) is 6.54 Å². The topological polar surface area (TPSA) is 58.6 Å². The molecule has 4 heteroatoms. The van der Waals surface area contributed by atoms with Crippen LogP contribution in [0.25, 0.3) is 5.57 Å². The van der Waals surface area contributed by atoms with Crippen molar-refractivity contribution in [2.75, 3.05) is 13.1 Å². The fraction of sp³-hybridized carbons (Fsp3) is 0.438. The third kappa shape index (κ3) is 6.38. The number of aromatic hydroxyl groups is 1. The van der Waals surface area contributed by atoms with Crippen LogP contribution in [0, 0.1) is 0 Å². The largest absolute Gasteiger partial charge is 0.508 e. The van der Waals surface area contributed by atoms with Crippen molar-refractivity contribution >= 4 is 12.0 Å². The minimum atomic E-state index is -0.318. The van der Waals surface area contributed by atoms with Crippen LogP contribution >= 0.6 is 0 Å². The summed E-state index contributed by atoms with van der Waals surface area (Å²) in [5, 5.41) is 12.4. The molecule has 110 valence electrons. The predicted molar refractivity (Wildman–Crippen MR) is 80.5 cm³/mol. The van der Waals surface area contributed by atoms with Crippen molar-refractivity contribution in [2.24, 2.45) is 0 Å². The van der Waals surface area contributed by atoms with Gasteiger partial charge < -0.3 is 15.2 Å². The van der Waals surface area contributed by atoms with E-state index in [1.54, 1.807) is 12.1 Å². The predicted octanol–water partition coefficient (Wildman–Crippen LogP) is 2.73. The highest BCUT2D eigenvalue weighted by atomic mass is 16.5. The molecule has 1 aliphatic heterocycles. The Kier molecular flexibility index (Phi) is 6.25. The molecule has 0 aliphatic carbocycles. The maximum Gasteiger partial charge on any atom is 0.293 e. The molecule has 0 radical (unpaired) electrons. The number of hydrogen-bond acceptors (Lipinski definition) is 4. The molecule has 0 saturated heterocycles. The number of nitrogens with one attached hydrogen (secondary N) is 1. The van der Waals surface area contributed by atoms with Gasteiger partial charge in [0.1, 0.15) is 11.4 Å². The van der Waals surface area contributed by atoms with Gasteiger partial charge in [0.05, 0.1) is 0 Å². The molecule has 0 atom stereocenters. The van der Waals surface area contributed by atoms with E-state index in [4.69, 9.17) is 5.11 Å². The van der Waals surface area contributed by atoms with Crippen LogP contribution in [0.1, 0.15) is 32.8 Å². The van der Waals surface area contributed by atoms with Gasteiger partial charge in [0.25, 0.3) is 6.47 Å². The van der Waals surface area contributed by atoms with Gasteiger partial charge in [-0.25, -0.2) is 0 Å². The first-order valence-corrected chi connectivity index (χ1v) is 6.73. The second-order valence-corrected chi connectivity index (χ2v) is 5.56. The van der Waals surface area contributed by atoms with E-state index in [9.17, 15) is 4.79 Å². The van der Waals surface area contributed by atoms with E-state index < -0.39 is 0 Å². The van der Waals surface area contributed by atoms with E-state index in [0.717, 1.165) is 19.5 Å². The van der Waals surface area contributed by atoms with Crippen molar-refractivity contribution in [1.29, 1.82) is 0 Å². The van der Waals surface area contributed by atoms with Gasteiger partial charge in [-0.2, -0.15) is 0 Å². The smallest absolute Gasteiger partial charge is 0.293 e. The molecule has 0 aromatic heterocycles. The minimum absolute atomic E-state index is 0.318. The maximum atomic E-state index is 9.60. The normalized spacial score (nSPS) is 14.7. The molecule has 0 spiro atoms. The fourth-order valence-corrected chi connectivity index (χ4v) is 1.70. The van der Waals surface area contributed by atoms with Crippen molar-refractivity contribution in [3.63, 3.8) is 0 Å². The molecule has 1 heterocycles. The Hall–Kier alpha value is -1.81. The molecule has 0 unspecified atom stereocenters. The molecule has 20 heavy (non-hydrogen) atoms. The van der Waals surface area contributed by atoms with Crippen molar-refractivity contribution in [2.45, 2.75) is 32.8 Å². The second-order valence-electron chi connectivity index (χ2n) is 5.56. The quantitative estimate of drug-likeness (QED) is 0.816. The SMILES string of the molecule is CC(C)(C)OC=O.Oc1ccc(C2=CCNCC2)cc1. The highest BCUT2D eigenvalue weighted by molar-refractivity contribution is 5.66. The van der Waals surface area contributed by atoms with E-state index in [-0.39, 0.29) is 5.60 Å². The Balaban J connectivity index is 0.000000246. The number of phenols is 1. The zero-order valence-corrected chi connectivity index (χ0v) is 12.3. The average Bonchev–Trinajstić information content (AvgIpc) is 2.40. The molecular weight excluding hydrogens is 254 g/mol. The Morgan fingerprint density at radius 1 is 1.25 bits per heavy atom. The lowest BCUT2D eigenvalue weighted by Gasteiger charge is -2.14. The summed E-state index contributed by atoms with van der Waals surface area (Å²) in [4.78, 5) is 9.60. The standard InChI is InChI=1S/C11H13NO.C5H10O2/c13-11-3-1-9(2-4-11)10-5-7-12-8-6-10;1-5(2,3)7-4-6/h1-5,12-13H,6-8H2;4H,1-3H3. The van der Waals surface area contributed by atoms with E-state index in [1.807, 2.05) is 32.9 Å². The summed E-state index contributed by atoms with van der Waals surface area (Å²) in [6, 6.07) is 7.40. The molecule has 1 aromatic rings. The van der Waals surface area contributed by atoms with Gasteiger partial charge in [0.15, 0.2) is 0 Å². The van der Waals surface area contributed by atoms with Gasteiger partial charge in [-0.05, 0) is 57.0 Å². The van der Waals surface area contributed by atoms with Crippen molar-refractivity contribution in [1.82, 2.24) is 5.32 Å². The summed E-state index contributed by atoms with van der Waals surface area (Å²) in [7, 11) is 0. The number of hydrogen-bond donors (Lipinski definition) is 2. The summed E-state index contributed by atoms with van der Waals surface area (Å²) >= 11 is 0. The minimum Gasteiger partial charge on any atom is -0.508 e. The number of benzene rings is 1. The highest BCUT2D eigenvalue weighted by Crippen LogP contribution is 2.21. The molecule has 4 nitrogen and oxygen atoms in total. The van der Waals surface area contributed by atoms with Gasteiger partial charge in [-0.1, -0.05) is 18.2 Å². The summed E-state index contributed by atoms with van der Waals surface area (Å²) in [6.07, 6.45) is 3.28. The van der Waals surface area contributed by atoms with E-state index >= 15 is 0 Å². The van der Waals surface area contributed by atoms with Gasteiger partial charge in [0.2, 0.25) is 0 Å². The zero-order chi connectivity index (χ0) is 15.0. The van der Waals surface area contributed by atoms with Crippen LogP contribution in [-0.4, -0.2) is 30.3 Å². The maximum absolute atomic E-state index is 9.60. The Labute approximate surface area is 120 Å². The third-order valence-electron chi connectivity index (χ3n) is 2.70. The fourth-order valence-electron chi connectivity index (χ4n) is 1.70. The molecule has 1 aromatic carbocycles. The average molecular weight is 277 g/mol. The molecule has 2 rings (SSSR count). The van der Waals surface area contributed by atoms with Crippen LogP contribution in [0.3, 0.4) is 0 Å². The number of carbonyl (C=O) groups excluding carboxylic acids is 1. The lowest BCUT2D eigenvalue weighted by atomic mass is 10.0. The van der Waals surface area contributed by atoms with Crippen molar-refractivity contribution in [3.8, 4) is 5.75 Å². The third-order valence-corrected chi connectivity index (χ3v) is 2.70. The van der Waals surface area contributed by atoms with Gasteiger partial charge in [-0.3, -0.25) is 4.79 Å². The first-order valence-electron chi connectivity index (χ1n) is 6.73. The summed E-state index contributed by atoms with van der Waals surface area (Å²) in [5.74, 6) is 0.332. The van der Waals surface area contributed by atoms with Crippen LogP contribution in [0.2, 0.25) is 0 Å². The van der Waals surface area contributed by atoms with Crippen molar-refractivity contribution < 1.29 is 14.6 Å². The zero-order valence-electron chi connectivity index (χ0n) is 12.3. The molecule has 2 N–H and O–H groups in total. The van der Waals surface area contributed by atoms with Crippen LogP contribution in [0.5, 0.6) is 5.75 Å². The van der Waals surface area contributed by atoms with E-state index in [0.29, 0.717) is 12.2 Å². The molecule has 0 saturated carbocycles. The molecule has 1 aliphatic rings. The number of rotatable bonds is 2. The van der Waals surface area contributed by atoms with Crippen LogP contribution in [-0.2, 0) is 9.53 Å².